The summed E-state index contributed by atoms with van der Waals surface area (Å²) in [5.41, 5.74) is 2.44. The highest BCUT2D eigenvalue weighted by Gasteiger charge is 2.25. The van der Waals surface area contributed by atoms with E-state index in [1.807, 2.05) is 35.4 Å². The number of aromatic nitrogens is 3. The third-order valence-corrected chi connectivity index (χ3v) is 5.39. The molecule has 0 saturated carbocycles. The van der Waals surface area contributed by atoms with Gasteiger partial charge in [-0.3, -0.25) is 9.78 Å². The highest BCUT2D eigenvalue weighted by Crippen LogP contribution is 2.24. The number of nitrogens with zero attached hydrogens (tertiary/aromatic N) is 4. The maximum Gasteiger partial charge on any atom is 0.335 e. The monoisotopic (exact) mass is 390 g/mol. The van der Waals surface area contributed by atoms with Crippen LogP contribution in [0.5, 0.6) is 0 Å². The van der Waals surface area contributed by atoms with Gasteiger partial charge < -0.3 is 10.0 Å². The fraction of sp³-hybridized carbons (Fsp3) is 0.273. The van der Waals surface area contributed by atoms with Gasteiger partial charge in [0.15, 0.2) is 0 Å². The molecule has 3 aromatic rings. The third-order valence-electron chi connectivity index (χ3n) is 5.39. The molecule has 4 rings (SSSR count). The largest absolute Gasteiger partial charge is 0.478 e. The highest BCUT2D eigenvalue weighted by atomic mass is 16.4. The topological polar surface area (TPSA) is 88.3 Å². The predicted octanol–water partition coefficient (Wildman–Crippen LogP) is 3.06. The van der Waals surface area contributed by atoms with Crippen molar-refractivity contribution in [2.75, 3.05) is 13.1 Å². The molecular formula is C22H22N4O3. The van der Waals surface area contributed by atoms with Crippen molar-refractivity contribution >= 4 is 11.9 Å². The van der Waals surface area contributed by atoms with Crippen molar-refractivity contribution in [3.8, 4) is 5.69 Å². The van der Waals surface area contributed by atoms with Crippen LogP contribution in [0.2, 0.25) is 0 Å². The Bertz CT molecular complexity index is 1010. The number of pyridine rings is 1. The van der Waals surface area contributed by atoms with Crippen LogP contribution < -0.4 is 0 Å². The lowest BCUT2D eigenvalue weighted by atomic mass is 9.88. The number of aromatic carboxylic acids is 1. The molecule has 1 amide bonds. The Hall–Kier alpha value is -3.48. The Morgan fingerprint density at radius 1 is 1.07 bits per heavy atom. The number of amides is 1. The fourth-order valence-corrected chi connectivity index (χ4v) is 3.82. The molecule has 1 N–H and O–H groups in total. The Morgan fingerprint density at radius 3 is 2.59 bits per heavy atom. The number of hydrogen-bond acceptors (Lipinski definition) is 4. The van der Waals surface area contributed by atoms with E-state index in [4.69, 9.17) is 0 Å². The lowest BCUT2D eigenvalue weighted by Crippen LogP contribution is -2.39. The molecular weight excluding hydrogens is 368 g/mol. The zero-order valence-corrected chi connectivity index (χ0v) is 15.9. The second-order valence-electron chi connectivity index (χ2n) is 7.25. The third kappa shape index (κ3) is 4.18. The predicted molar refractivity (Wildman–Crippen MR) is 107 cm³/mol. The van der Waals surface area contributed by atoms with Gasteiger partial charge in [-0.2, -0.15) is 5.10 Å². The molecule has 1 saturated heterocycles. The molecule has 0 aliphatic carbocycles. The Morgan fingerprint density at radius 2 is 1.86 bits per heavy atom. The summed E-state index contributed by atoms with van der Waals surface area (Å²) in [5, 5.41) is 13.6. The molecule has 0 radical (unpaired) electrons. The molecule has 1 aliphatic rings. The van der Waals surface area contributed by atoms with E-state index >= 15 is 0 Å². The smallest absolute Gasteiger partial charge is 0.335 e. The van der Waals surface area contributed by atoms with E-state index in [0.717, 1.165) is 30.5 Å². The van der Waals surface area contributed by atoms with Crippen LogP contribution in [0.4, 0.5) is 0 Å². The molecule has 29 heavy (non-hydrogen) atoms. The number of hydrogen-bond donors (Lipinski definition) is 1. The van der Waals surface area contributed by atoms with Gasteiger partial charge in [0.2, 0.25) is 0 Å². The number of carboxylic acid groups (broad SMARTS) is 1. The van der Waals surface area contributed by atoms with E-state index in [0.29, 0.717) is 30.3 Å². The van der Waals surface area contributed by atoms with E-state index in [2.05, 4.69) is 10.1 Å². The quantitative estimate of drug-likeness (QED) is 0.723. The summed E-state index contributed by atoms with van der Waals surface area (Å²) < 4.78 is 1.70. The van der Waals surface area contributed by atoms with Crippen molar-refractivity contribution in [1.82, 2.24) is 19.7 Å². The van der Waals surface area contributed by atoms with E-state index in [1.165, 1.54) is 0 Å². The standard InChI is InChI=1S/C22H22N4O3/c27-21(20-15-18(6-10-23-20)26-11-3-9-24-26)25-12-7-16(8-13-25)14-17-4-1-2-5-19(17)22(28)29/h1-6,9-11,15-16H,7-8,12-14H2,(H,28,29). The minimum atomic E-state index is -0.892. The van der Waals surface area contributed by atoms with Gasteiger partial charge in [-0.05, 0) is 55.0 Å². The maximum absolute atomic E-state index is 12.9. The first-order chi connectivity index (χ1) is 14.1. The first kappa shape index (κ1) is 18.9. The van der Waals surface area contributed by atoms with Crippen molar-refractivity contribution in [3.63, 3.8) is 0 Å². The lowest BCUT2D eigenvalue weighted by Gasteiger charge is -2.32. The number of carboxylic acids is 1. The number of rotatable bonds is 5. The van der Waals surface area contributed by atoms with Crippen LogP contribution in [-0.2, 0) is 6.42 Å². The lowest BCUT2D eigenvalue weighted by molar-refractivity contribution is 0.0684. The summed E-state index contributed by atoms with van der Waals surface area (Å²) in [5.74, 6) is -0.609. The van der Waals surface area contributed by atoms with E-state index < -0.39 is 5.97 Å². The van der Waals surface area contributed by atoms with Crippen LogP contribution >= 0.6 is 0 Å². The van der Waals surface area contributed by atoms with Gasteiger partial charge in [0.05, 0.1) is 11.3 Å². The summed E-state index contributed by atoms with van der Waals surface area (Å²) in [4.78, 5) is 30.4. The molecule has 7 nitrogen and oxygen atoms in total. The molecule has 0 unspecified atom stereocenters. The first-order valence-electron chi connectivity index (χ1n) is 9.68. The van der Waals surface area contributed by atoms with Gasteiger partial charge in [0.1, 0.15) is 5.69 Å². The maximum atomic E-state index is 12.9. The molecule has 2 aromatic heterocycles. The number of benzene rings is 1. The van der Waals surface area contributed by atoms with Crippen LogP contribution in [0.15, 0.2) is 61.1 Å². The summed E-state index contributed by atoms with van der Waals surface area (Å²) in [6.07, 6.45) is 7.55. The van der Waals surface area contributed by atoms with Gasteiger partial charge in [0.25, 0.3) is 5.91 Å². The summed E-state index contributed by atoms with van der Waals surface area (Å²) in [7, 11) is 0. The Labute approximate surface area is 168 Å². The molecule has 1 fully saturated rings. The van der Waals surface area contributed by atoms with Crippen LogP contribution in [0.25, 0.3) is 5.69 Å². The second kappa shape index (κ2) is 8.26. The normalized spacial score (nSPS) is 14.7. The molecule has 148 valence electrons. The fourth-order valence-electron chi connectivity index (χ4n) is 3.82. The molecule has 1 aromatic carbocycles. The van der Waals surface area contributed by atoms with Crippen LogP contribution in [0, 0.1) is 5.92 Å². The highest BCUT2D eigenvalue weighted by molar-refractivity contribution is 5.93. The number of likely N-dealkylation sites (tertiary alicyclic amines) is 1. The number of carbonyl (C=O) groups excluding carboxylic acids is 1. The van der Waals surface area contributed by atoms with Gasteiger partial charge in [-0.1, -0.05) is 18.2 Å². The van der Waals surface area contributed by atoms with Gasteiger partial charge in [0, 0.05) is 31.7 Å². The van der Waals surface area contributed by atoms with Crippen molar-refractivity contribution in [1.29, 1.82) is 0 Å². The molecule has 0 bridgehead atoms. The van der Waals surface area contributed by atoms with Gasteiger partial charge in [-0.25, -0.2) is 9.48 Å². The first-order valence-corrected chi connectivity index (χ1v) is 9.68. The van der Waals surface area contributed by atoms with Crippen molar-refractivity contribution < 1.29 is 14.7 Å². The van der Waals surface area contributed by atoms with Crippen molar-refractivity contribution in [2.24, 2.45) is 5.92 Å². The number of piperidine rings is 1. The minimum absolute atomic E-state index is 0.0802. The van der Waals surface area contributed by atoms with Crippen molar-refractivity contribution in [2.45, 2.75) is 19.3 Å². The summed E-state index contributed by atoms with van der Waals surface area (Å²) in [6, 6.07) is 12.5. The van der Waals surface area contributed by atoms with E-state index in [1.54, 1.807) is 35.3 Å². The number of carbonyl (C=O) groups is 2. The average molecular weight is 390 g/mol. The minimum Gasteiger partial charge on any atom is -0.478 e. The zero-order chi connectivity index (χ0) is 20.2. The Balaban J connectivity index is 1.39. The summed E-state index contributed by atoms with van der Waals surface area (Å²) >= 11 is 0. The Kier molecular flexibility index (Phi) is 5.37. The molecule has 0 atom stereocenters. The van der Waals surface area contributed by atoms with Crippen LogP contribution in [0.3, 0.4) is 0 Å². The van der Waals surface area contributed by atoms with E-state index in [9.17, 15) is 14.7 Å². The second-order valence-corrected chi connectivity index (χ2v) is 7.25. The van der Waals surface area contributed by atoms with Gasteiger partial charge in [-0.15, -0.1) is 0 Å². The zero-order valence-electron chi connectivity index (χ0n) is 15.9. The van der Waals surface area contributed by atoms with Gasteiger partial charge >= 0.3 is 5.97 Å². The molecule has 7 heteroatoms. The molecule has 1 aliphatic heterocycles. The average Bonchev–Trinajstić information content (AvgIpc) is 3.29. The van der Waals surface area contributed by atoms with Crippen LogP contribution in [0.1, 0.15) is 39.3 Å². The summed E-state index contributed by atoms with van der Waals surface area (Å²) in [6.45, 7) is 1.29. The van der Waals surface area contributed by atoms with E-state index in [-0.39, 0.29) is 5.91 Å². The van der Waals surface area contributed by atoms with Crippen LogP contribution in [-0.4, -0.2) is 49.7 Å². The molecule has 3 heterocycles. The molecule has 0 spiro atoms. The SMILES string of the molecule is O=C(O)c1ccccc1CC1CCN(C(=O)c2cc(-n3cccn3)ccn2)CC1. The van der Waals surface area contributed by atoms with Crippen molar-refractivity contribution in [3.05, 3.63) is 77.9 Å².